The summed E-state index contributed by atoms with van der Waals surface area (Å²) in [5.74, 6) is 0.879. The van der Waals surface area contributed by atoms with E-state index in [9.17, 15) is 9.90 Å². The van der Waals surface area contributed by atoms with Crippen LogP contribution in [-0.2, 0) is 0 Å². The maximum absolute atomic E-state index is 12.4. The second-order valence-electron chi connectivity index (χ2n) is 5.01. The molecule has 0 radical (unpaired) electrons. The Morgan fingerprint density at radius 2 is 2.17 bits per heavy atom. The summed E-state index contributed by atoms with van der Waals surface area (Å²) >= 11 is 8.27. The van der Waals surface area contributed by atoms with Crippen LogP contribution >= 0.6 is 43.2 Å². The van der Waals surface area contributed by atoms with E-state index in [-0.39, 0.29) is 12.0 Å². The molecule has 1 saturated carbocycles. The van der Waals surface area contributed by atoms with Crippen LogP contribution in [0.4, 0.5) is 0 Å². The molecule has 18 heavy (non-hydrogen) atoms. The number of halogens is 2. The minimum Gasteiger partial charge on any atom is -0.393 e. The molecule has 1 aromatic rings. The van der Waals surface area contributed by atoms with E-state index in [4.69, 9.17) is 0 Å². The molecule has 0 aromatic carbocycles. The van der Waals surface area contributed by atoms with Crippen molar-refractivity contribution in [3.8, 4) is 0 Å². The van der Waals surface area contributed by atoms with Crippen molar-refractivity contribution < 1.29 is 9.90 Å². The van der Waals surface area contributed by atoms with Gasteiger partial charge in [-0.25, -0.2) is 0 Å². The Bertz CT molecular complexity index is 471. The molecule has 1 aliphatic heterocycles. The summed E-state index contributed by atoms with van der Waals surface area (Å²) in [6.45, 7) is 1.51. The Labute approximate surface area is 126 Å². The van der Waals surface area contributed by atoms with Crippen LogP contribution in [0.25, 0.3) is 0 Å². The molecule has 0 spiro atoms. The lowest BCUT2D eigenvalue weighted by atomic mass is 10.00. The first kappa shape index (κ1) is 13.1. The molecule has 1 N–H and O–H groups in total. The van der Waals surface area contributed by atoms with E-state index in [1.165, 1.54) is 11.3 Å². The monoisotopic (exact) mass is 393 g/mol. The predicted molar refractivity (Wildman–Crippen MR) is 77.8 cm³/mol. The summed E-state index contributed by atoms with van der Waals surface area (Å²) in [4.78, 5) is 15.0. The second kappa shape index (κ2) is 4.89. The van der Waals surface area contributed by atoms with Crippen molar-refractivity contribution in [1.82, 2.24) is 4.90 Å². The Morgan fingerprint density at radius 1 is 1.39 bits per heavy atom. The van der Waals surface area contributed by atoms with Gasteiger partial charge in [-0.05, 0) is 56.7 Å². The summed E-state index contributed by atoms with van der Waals surface area (Å²) in [7, 11) is 0. The first-order valence-electron chi connectivity index (χ1n) is 5.98. The molecule has 1 aromatic heterocycles. The van der Waals surface area contributed by atoms with Crippen molar-refractivity contribution in [3.05, 3.63) is 19.2 Å². The molecule has 98 valence electrons. The van der Waals surface area contributed by atoms with E-state index >= 15 is 0 Å². The number of rotatable bonds is 1. The van der Waals surface area contributed by atoms with Gasteiger partial charge < -0.3 is 10.0 Å². The molecule has 6 heteroatoms. The summed E-state index contributed by atoms with van der Waals surface area (Å²) in [6, 6.07) is 1.86. The van der Waals surface area contributed by atoms with Gasteiger partial charge in [0.25, 0.3) is 5.91 Å². The largest absolute Gasteiger partial charge is 0.393 e. The molecule has 3 unspecified atom stereocenters. The molecule has 3 nitrogen and oxygen atoms in total. The van der Waals surface area contributed by atoms with Gasteiger partial charge in [-0.15, -0.1) is 11.3 Å². The number of aliphatic hydroxyl groups is 1. The number of nitrogens with zero attached hydrogens (tertiary/aromatic N) is 1. The van der Waals surface area contributed by atoms with E-state index in [2.05, 4.69) is 31.9 Å². The molecule has 1 saturated heterocycles. The highest BCUT2D eigenvalue weighted by atomic mass is 79.9. The molecular formula is C12H13Br2NO2S. The van der Waals surface area contributed by atoms with E-state index in [1.54, 1.807) is 0 Å². The molecule has 1 aliphatic carbocycles. The number of fused-ring (bicyclic) bond motifs is 1. The molecule has 1 amide bonds. The zero-order valence-corrected chi connectivity index (χ0v) is 13.6. The summed E-state index contributed by atoms with van der Waals surface area (Å²) in [6.07, 6.45) is 1.73. The van der Waals surface area contributed by atoms with Gasteiger partial charge in [0.2, 0.25) is 0 Å². The lowest BCUT2D eigenvalue weighted by molar-refractivity contribution is 0.0757. The third kappa shape index (κ3) is 2.17. The zero-order valence-electron chi connectivity index (χ0n) is 9.60. The van der Waals surface area contributed by atoms with Gasteiger partial charge >= 0.3 is 0 Å². The fraction of sp³-hybridized carbons (Fsp3) is 0.583. The first-order valence-corrected chi connectivity index (χ1v) is 8.38. The van der Waals surface area contributed by atoms with E-state index in [0.29, 0.717) is 18.4 Å². The van der Waals surface area contributed by atoms with Crippen LogP contribution < -0.4 is 0 Å². The topological polar surface area (TPSA) is 40.5 Å². The fourth-order valence-electron chi connectivity index (χ4n) is 3.01. The van der Waals surface area contributed by atoms with Crippen molar-refractivity contribution >= 4 is 49.1 Å². The van der Waals surface area contributed by atoms with Crippen molar-refractivity contribution in [2.24, 2.45) is 11.8 Å². The standard InChI is InChI=1S/C12H13Br2NO2S/c13-8-3-10(18-11(8)14)12(17)15-4-6-1-2-9(16)7(6)5-15/h3,6-7,9,16H,1-2,4-5H2. The summed E-state index contributed by atoms with van der Waals surface area (Å²) in [5.41, 5.74) is 0. The number of likely N-dealkylation sites (tertiary alicyclic amines) is 1. The fourth-order valence-corrected chi connectivity index (χ4v) is 5.01. The molecule has 3 rings (SSSR count). The van der Waals surface area contributed by atoms with Gasteiger partial charge in [0.1, 0.15) is 0 Å². The maximum atomic E-state index is 12.4. The first-order chi connectivity index (χ1) is 8.56. The average molecular weight is 395 g/mol. The Kier molecular flexibility index (Phi) is 3.55. The van der Waals surface area contributed by atoms with Gasteiger partial charge in [-0.3, -0.25) is 4.79 Å². The molecule has 0 bridgehead atoms. The average Bonchev–Trinajstić information content (AvgIpc) is 2.98. The number of thiophene rings is 1. The smallest absolute Gasteiger partial charge is 0.264 e. The quantitative estimate of drug-likeness (QED) is 0.794. The van der Waals surface area contributed by atoms with Gasteiger partial charge in [0.05, 0.1) is 14.8 Å². The van der Waals surface area contributed by atoms with Crippen LogP contribution in [-0.4, -0.2) is 35.1 Å². The number of amides is 1. The van der Waals surface area contributed by atoms with Crippen LogP contribution in [0.1, 0.15) is 22.5 Å². The second-order valence-corrected chi connectivity index (χ2v) is 8.24. The van der Waals surface area contributed by atoms with Crippen LogP contribution in [0.15, 0.2) is 14.3 Å². The van der Waals surface area contributed by atoms with Gasteiger partial charge in [0.15, 0.2) is 0 Å². The number of hydrogen-bond donors (Lipinski definition) is 1. The zero-order chi connectivity index (χ0) is 12.9. The third-order valence-corrected chi connectivity index (χ3v) is 7.21. The van der Waals surface area contributed by atoms with Crippen molar-refractivity contribution in [2.45, 2.75) is 18.9 Å². The number of aliphatic hydroxyl groups excluding tert-OH is 1. The SMILES string of the molecule is O=C(c1cc(Br)c(Br)s1)N1CC2CCC(O)C2C1. The number of carbonyl (C=O) groups excluding carboxylic acids is 1. The van der Waals surface area contributed by atoms with E-state index in [0.717, 1.165) is 32.5 Å². The lowest BCUT2D eigenvalue weighted by Gasteiger charge is -2.17. The molecular weight excluding hydrogens is 382 g/mol. The molecule has 3 atom stereocenters. The van der Waals surface area contributed by atoms with Crippen LogP contribution in [0.3, 0.4) is 0 Å². The van der Waals surface area contributed by atoms with E-state index in [1.807, 2.05) is 11.0 Å². The van der Waals surface area contributed by atoms with Gasteiger partial charge in [-0.1, -0.05) is 0 Å². The van der Waals surface area contributed by atoms with Crippen LogP contribution in [0.5, 0.6) is 0 Å². The Hall–Kier alpha value is 0.0900. The normalized spacial score (nSPS) is 30.8. The molecule has 2 heterocycles. The predicted octanol–water partition coefficient (Wildman–Crippen LogP) is 3.12. The van der Waals surface area contributed by atoms with Crippen molar-refractivity contribution in [1.29, 1.82) is 0 Å². The number of carbonyl (C=O) groups is 1. The molecule has 2 fully saturated rings. The van der Waals surface area contributed by atoms with Gasteiger partial charge in [0, 0.05) is 23.5 Å². The summed E-state index contributed by atoms with van der Waals surface area (Å²) in [5, 5.41) is 9.87. The minimum atomic E-state index is -0.213. The molecule has 2 aliphatic rings. The van der Waals surface area contributed by atoms with Gasteiger partial charge in [-0.2, -0.15) is 0 Å². The Balaban J connectivity index is 1.75. The minimum absolute atomic E-state index is 0.0907. The highest BCUT2D eigenvalue weighted by Gasteiger charge is 2.43. The number of hydrogen-bond acceptors (Lipinski definition) is 3. The highest BCUT2D eigenvalue weighted by molar-refractivity contribution is 9.13. The highest BCUT2D eigenvalue weighted by Crippen LogP contribution is 2.40. The third-order valence-electron chi connectivity index (χ3n) is 3.96. The lowest BCUT2D eigenvalue weighted by Crippen LogP contribution is -2.30. The van der Waals surface area contributed by atoms with Crippen LogP contribution in [0.2, 0.25) is 0 Å². The van der Waals surface area contributed by atoms with Crippen molar-refractivity contribution in [3.63, 3.8) is 0 Å². The summed E-state index contributed by atoms with van der Waals surface area (Å²) < 4.78 is 1.88. The van der Waals surface area contributed by atoms with E-state index < -0.39 is 0 Å². The van der Waals surface area contributed by atoms with Crippen molar-refractivity contribution in [2.75, 3.05) is 13.1 Å². The van der Waals surface area contributed by atoms with Crippen LogP contribution in [0, 0.1) is 11.8 Å². The maximum Gasteiger partial charge on any atom is 0.264 e. The Morgan fingerprint density at radius 3 is 2.78 bits per heavy atom.